The third-order valence-corrected chi connectivity index (χ3v) is 4.33. The van der Waals surface area contributed by atoms with Crippen LogP contribution >= 0.6 is 0 Å². The van der Waals surface area contributed by atoms with Crippen LogP contribution in [0.15, 0.2) is 53.5 Å². The van der Waals surface area contributed by atoms with Crippen molar-refractivity contribution in [2.45, 2.75) is 25.3 Å². The molecule has 122 valence electrons. The Morgan fingerprint density at radius 3 is 2.75 bits per heavy atom. The highest BCUT2D eigenvalue weighted by Gasteiger charge is 2.26. The molecular weight excluding hydrogens is 302 g/mol. The second kappa shape index (κ2) is 6.88. The van der Waals surface area contributed by atoms with E-state index in [2.05, 4.69) is 31.1 Å². The van der Waals surface area contributed by atoms with Crippen molar-refractivity contribution in [3.63, 3.8) is 0 Å². The minimum atomic E-state index is 0.286. The van der Waals surface area contributed by atoms with Gasteiger partial charge in [0.05, 0.1) is 11.5 Å². The van der Waals surface area contributed by atoms with Crippen LogP contribution < -0.4 is 0 Å². The van der Waals surface area contributed by atoms with Crippen molar-refractivity contribution < 1.29 is 4.42 Å². The molecule has 1 fully saturated rings. The van der Waals surface area contributed by atoms with E-state index < -0.39 is 0 Å². The fourth-order valence-electron chi connectivity index (χ4n) is 3.16. The van der Waals surface area contributed by atoms with Crippen LogP contribution in [-0.4, -0.2) is 38.2 Å². The number of likely N-dealkylation sites (tertiary alicyclic amines) is 1. The predicted molar refractivity (Wildman–Crippen MR) is 89.0 cm³/mol. The van der Waals surface area contributed by atoms with Crippen molar-refractivity contribution in [2.24, 2.45) is 0 Å². The summed E-state index contributed by atoms with van der Waals surface area (Å²) in [7, 11) is 0. The van der Waals surface area contributed by atoms with Crippen LogP contribution in [0.5, 0.6) is 0 Å². The molecule has 0 N–H and O–H groups in total. The SMILES string of the molecule is c1cncc(CN2CCCC(c3nnc(-c4cccnc4)o3)C2)c1. The van der Waals surface area contributed by atoms with Gasteiger partial charge in [0.1, 0.15) is 0 Å². The number of piperidine rings is 1. The average Bonchev–Trinajstić information content (AvgIpc) is 3.14. The van der Waals surface area contributed by atoms with Gasteiger partial charge >= 0.3 is 0 Å². The normalized spacial score (nSPS) is 18.6. The third kappa shape index (κ3) is 3.33. The highest BCUT2D eigenvalue weighted by Crippen LogP contribution is 2.28. The Hall–Kier alpha value is -2.60. The molecule has 1 saturated heterocycles. The Kier molecular flexibility index (Phi) is 4.29. The zero-order valence-electron chi connectivity index (χ0n) is 13.4. The summed E-state index contributed by atoms with van der Waals surface area (Å²) in [6, 6.07) is 7.90. The van der Waals surface area contributed by atoms with Crippen molar-refractivity contribution >= 4 is 0 Å². The van der Waals surface area contributed by atoms with E-state index in [0.29, 0.717) is 5.89 Å². The van der Waals surface area contributed by atoms with E-state index in [9.17, 15) is 0 Å². The van der Waals surface area contributed by atoms with Crippen LogP contribution in [0.1, 0.15) is 30.2 Å². The molecule has 1 aliphatic heterocycles. The fraction of sp³-hybridized carbons (Fsp3) is 0.333. The van der Waals surface area contributed by atoms with E-state index in [-0.39, 0.29) is 5.92 Å². The molecule has 0 radical (unpaired) electrons. The third-order valence-electron chi connectivity index (χ3n) is 4.33. The summed E-state index contributed by atoms with van der Waals surface area (Å²) in [5, 5.41) is 8.46. The van der Waals surface area contributed by atoms with Crippen LogP contribution in [-0.2, 0) is 6.54 Å². The molecule has 0 spiro atoms. The molecule has 6 heteroatoms. The number of hydrogen-bond donors (Lipinski definition) is 0. The number of aromatic nitrogens is 4. The van der Waals surface area contributed by atoms with Crippen LogP contribution in [0.4, 0.5) is 0 Å². The monoisotopic (exact) mass is 321 g/mol. The van der Waals surface area contributed by atoms with Crippen molar-refractivity contribution in [3.05, 3.63) is 60.5 Å². The Morgan fingerprint density at radius 2 is 1.96 bits per heavy atom. The summed E-state index contributed by atoms with van der Waals surface area (Å²) < 4.78 is 5.91. The summed E-state index contributed by atoms with van der Waals surface area (Å²) in [6.45, 7) is 2.94. The first-order valence-electron chi connectivity index (χ1n) is 8.23. The standard InChI is InChI=1S/C18H19N5O/c1-4-14(10-19-7-1)12-23-9-3-6-16(13-23)18-22-21-17(24-18)15-5-2-8-20-11-15/h1-2,4-5,7-8,10-11,16H,3,6,9,12-13H2. The van der Waals surface area contributed by atoms with Crippen molar-refractivity contribution in [2.75, 3.05) is 13.1 Å². The van der Waals surface area contributed by atoms with Gasteiger partial charge in [-0.15, -0.1) is 10.2 Å². The molecule has 1 aliphatic rings. The maximum Gasteiger partial charge on any atom is 0.249 e. The Bertz CT molecular complexity index is 774. The molecule has 3 aromatic rings. The second-order valence-electron chi connectivity index (χ2n) is 6.12. The van der Waals surface area contributed by atoms with Crippen molar-refractivity contribution in [1.82, 2.24) is 25.1 Å². The molecule has 0 bridgehead atoms. The maximum absolute atomic E-state index is 5.91. The van der Waals surface area contributed by atoms with Gasteiger partial charge in [0.2, 0.25) is 11.8 Å². The van der Waals surface area contributed by atoms with Gasteiger partial charge in [0.15, 0.2) is 0 Å². The van der Waals surface area contributed by atoms with E-state index in [1.165, 1.54) is 5.56 Å². The van der Waals surface area contributed by atoms with Gasteiger partial charge in [-0.3, -0.25) is 14.9 Å². The minimum absolute atomic E-state index is 0.286. The lowest BCUT2D eigenvalue weighted by atomic mass is 9.97. The average molecular weight is 321 g/mol. The maximum atomic E-state index is 5.91. The summed E-state index contributed by atoms with van der Waals surface area (Å²) in [6.07, 6.45) is 9.43. The number of hydrogen-bond acceptors (Lipinski definition) is 6. The lowest BCUT2D eigenvalue weighted by molar-refractivity contribution is 0.186. The first-order valence-corrected chi connectivity index (χ1v) is 8.23. The Balaban J connectivity index is 1.45. The molecule has 24 heavy (non-hydrogen) atoms. The Morgan fingerprint density at radius 1 is 1.08 bits per heavy atom. The van der Waals surface area contributed by atoms with E-state index in [0.717, 1.165) is 43.9 Å². The molecule has 1 atom stereocenters. The summed E-state index contributed by atoms with van der Waals surface area (Å²) in [5.74, 6) is 1.56. The van der Waals surface area contributed by atoms with Gasteiger partial charge in [-0.2, -0.15) is 0 Å². The van der Waals surface area contributed by atoms with Gasteiger partial charge in [0.25, 0.3) is 0 Å². The highest BCUT2D eigenvalue weighted by atomic mass is 16.4. The summed E-state index contributed by atoms with van der Waals surface area (Å²) in [4.78, 5) is 10.7. The van der Waals surface area contributed by atoms with Crippen LogP contribution in [0.2, 0.25) is 0 Å². The second-order valence-corrected chi connectivity index (χ2v) is 6.12. The summed E-state index contributed by atoms with van der Waals surface area (Å²) in [5.41, 5.74) is 2.10. The lowest BCUT2D eigenvalue weighted by Crippen LogP contribution is -2.34. The van der Waals surface area contributed by atoms with E-state index >= 15 is 0 Å². The van der Waals surface area contributed by atoms with E-state index in [1.54, 1.807) is 18.6 Å². The van der Waals surface area contributed by atoms with Gasteiger partial charge < -0.3 is 4.42 Å². The molecule has 1 unspecified atom stereocenters. The molecule has 0 saturated carbocycles. The largest absolute Gasteiger partial charge is 0.420 e. The quantitative estimate of drug-likeness (QED) is 0.736. The van der Waals surface area contributed by atoms with Crippen LogP contribution in [0, 0.1) is 0 Å². The van der Waals surface area contributed by atoms with Gasteiger partial charge in [-0.1, -0.05) is 6.07 Å². The van der Waals surface area contributed by atoms with Gasteiger partial charge in [-0.05, 0) is 43.1 Å². The molecule has 0 aromatic carbocycles. The van der Waals surface area contributed by atoms with Crippen molar-refractivity contribution in [1.29, 1.82) is 0 Å². The highest BCUT2D eigenvalue weighted by molar-refractivity contribution is 5.50. The predicted octanol–water partition coefficient (Wildman–Crippen LogP) is 2.91. The van der Waals surface area contributed by atoms with Gasteiger partial charge in [-0.25, -0.2) is 0 Å². The first-order chi connectivity index (χ1) is 11.9. The number of nitrogens with zero attached hydrogens (tertiary/aromatic N) is 5. The molecular formula is C18H19N5O. The lowest BCUT2D eigenvalue weighted by Gasteiger charge is -2.30. The molecule has 6 nitrogen and oxygen atoms in total. The van der Waals surface area contributed by atoms with Crippen LogP contribution in [0.3, 0.4) is 0 Å². The fourth-order valence-corrected chi connectivity index (χ4v) is 3.16. The Labute approximate surface area is 140 Å². The molecule has 4 heterocycles. The summed E-state index contributed by atoms with van der Waals surface area (Å²) >= 11 is 0. The molecule has 4 rings (SSSR count). The van der Waals surface area contributed by atoms with Crippen molar-refractivity contribution in [3.8, 4) is 11.5 Å². The molecule has 0 amide bonds. The topological polar surface area (TPSA) is 67.9 Å². The minimum Gasteiger partial charge on any atom is -0.420 e. The zero-order valence-corrected chi connectivity index (χ0v) is 13.4. The van der Waals surface area contributed by atoms with E-state index in [4.69, 9.17) is 4.42 Å². The smallest absolute Gasteiger partial charge is 0.249 e. The number of rotatable bonds is 4. The number of pyridine rings is 2. The van der Waals surface area contributed by atoms with Crippen LogP contribution in [0.25, 0.3) is 11.5 Å². The first kappa shape index (κ1) is 15.0. The molecule has 3 aromatic heterocycles. The molecule has 0 aliphatic carbocycles. The van der Waals surface area contributed by atoms with Gasteiger partial charge in [0, 0.05) is 37.9 Å². The zero-order chi connectivity index (χ0) is 16.2. The van der Waals surface area contributed by atoms with E-state index in [1.807, 2.05) is 24.4 Å².